The van der Waals surface area contributed by atoms with Gasteiger partial charge < -0.3 is 14.2 Å². The third kappa shape index (κ3) is 6.73. The number of aromatic nitrogens is 1. The Morgan fingerprint density at radius 3 is 2.44 bits per heavy atom. The van der Waals surface area contributed by atoms with Gasteiger partial charge in [0.15, 0.2) is 16.3 Å². The molecule has 0 N–H and O–H groups in total. The molecule has 0 saturated heterocycles. The number of hydrogen-bond donors (Lipinski definition) is 0. The van der Waals surface area contributed by atoms with E-state index in [4.69, 9.17) is 25.8 Å². The van der Waals surface area contributed by atoms with Crippen molar-refractivity contribution in [1.82, 2.24) is 4.57 Å². The van der Waals surface area contributed by atoms with Crippen molar-refractivity contribution < 1.29 is 19.0 Å². The smallest absolute Gasteiger partial charge is 0.338 e. The lowest BCUT2D eigenvalue weighted by Crippen LogP contribution is -2.39. The van der Waals surface area contributed by atoms with E-state index >= 15 is 0 Å². The SMILES string of the molecule is CCOC(=O)C1=C(C)N=c2s/c(=C\c3cc(I)c(OCc4ccc(Cl)cc4)c(OCC)c3)c(=O)n2[C@@H]1c1ccc(C)cc1. The van der Waals surface area contributed by atoms with E-state index in [-0.39, 0.29) is 12.2 Å². The summed E-state index contributed by atoms with van der Waals surface area (Å²) >= 11 is 9.52. The fourth-order valence-corrected chi connectivity index (χ4v) is 6.77. The van der Waals surface area contributed by atoms with E-state index < -0.39 is 12.0 Å². The molecule has 4 aromatic rings. The third-order valence-electron chi connectivity index (χ3n) is 6.84. The molecular weight excluding hydrogens is 699 g/mol. The van der Waals surface area contributed by atoms with Gasteiger partial charge in [-0.05, 0) is 97.3 Å². The van der Waals surface area contributed by atoms with Crippen LogP contribution < -0.4 is 24.4 Å². The minimum Gasteiger partial charge on any atom is -0.490 e. The van der Waals surface area contributed by atoms with Crippen LogP contribution in [-0.2, 0) is 16.1 Å². The molecule has 1 aromatic heterocycles. The van der Waals surface area contributed by atoms with Crippen LogP contribution in [-0.4, -0.2) is 23.8 Å². The average Bonchev–Trinajstić information content (AvgIpc) is 3.27. The minimum atomic E-state index is -0.652. The summed E-state index contributed by atoms with van der Waals surface area (Å²) in [6, 6.07) is 18.5. The number of rotatable bonds is 9. The second kappa shape index (κ2) is 13.5. The highest BCUT2D eigenvalue weighted by Gasteiger charge is 2.33. The number of carbonyl (C=O) groups is 1. The van der Waals surface area contributed by atoms with Crippen molar-refractivity contribution in [3.8, 4) is 11.5 Å². The molecule has 0 aliphatic carbocycles. The summed E-state index contributed by atoms with van der Waals surface area (Å²) in [6.07, 6.45) is 1.83. The lowest BCUT2D eigenvalue weighted by atomic mass is 9.95. The quantitative estimate of drug-likeness (QED) is 0.149. The highest BCUT2D eigenvalue weighted by atomic mass is 127. The number of nitrogens with zero attached hydrogens (tertiary/aromatic N) is 2. The molecule has 1 aliphatic heterocycles. The predicted octanol–water partition coefficient (Wildman–Crippen LogP) is 6.34. The van der Waals surface area contributed by atoms with Crippen LogP contribution in [0, 0.1) is 10.5 Å². The van der Waals surface area contributed by atoms with Crippen LogP contribution in [0.1, 0.15) is 49.1 Å². The van der Waals surface area contributed by atoms with Gasteiger partial charge in [-0.15, -0.1) is 0 Å². The zero-order valence-electron chi connectivity index (χ0n) is 24.1. The van der Waals surface area contributed by atoms with Crippen molar-refractivity contribution in [3.05, 3.63) is 122 Å². The van der Waals surface area contributed by atoms with Gasteiger partial charge in [-0.25, -0.2) is 9.79 Å². The van der Waals surface area contributed by atoms with E-state index in [2.05, 4.69) is 27.6 Å². The summed E-state index contributed by atoms with van der Waals surface area (Å²) < 4.78 is 20.4. The highest BCUT2D eigenvalue weighted by molar-refractivity contribution is 14.1. The van der Waals surface area contributed by atoms with Crippen LogP contribution in [0.3, 0.4) is 0 Å². The maximum absolute atomic E-state index is 14.0. The van der Waals surface area contributed by atoms with Gasteiger partial charge in [0.2, 0.25) is 0 Å². The number of ether oxygens (including phenoxy) is 3. The summed E-state index contributed by atoms with van der Waals surface area (Å²) in [5, 5.41) is 0.667. The Balaban J connectivity index is 1.58. The summed E-state index contributed by atoms with van der Waals surface area (Å²) in [4.78, 5) is 32.3. The molecule has 5 rings (SSSR count). The van der Waals surface area contributed by atoms with Gasteiger partial charge in [0.1, 0.15) is 6.61 Å². The number of aryl methyl sites for hydroxylation is 1. The molecule has 0 bridgehead atoms. The molecule has 1 aliphatic rings. The molecule has 0 amide bonds. The first-order valence-electron chi connectivity index (χ1n) is 13.8. The van der Waals surface area contributed by atoms with Crippen molar-refractivity contribution in [2.24, 2.45) is 4.99 Å². The Kier molecular flexibility index (Phi) is 9.73. The van der Waals surface area contributed by atoms with Crippen molar-refractivity contribution in [2.75, 3.05) is 13.2 Å². The fraction of sp³-hybridized carbons (Fsp3) is 0.242. The number of benzene rings is 3. The van der Waals surface area contributed by atoms with Crippen LogP contribution in [0.25, 0.3) is 6.08 Å². The Hall–Kier alpha value is -3.41. The number of hydrogen-bond acceptors (Lipinski definition) is 7. The van der Waals surface area contributed by atoms with E-state index in [1.54, 1.807) is 18.4 Å². The molecule has 1 atom stereocenters. The lowest BCUT2D eigenvalue weighted by Gasteiger charge is -2.24. The van der Waals surface area contributed by atoms with E-state index in [1.807, 2.05) is 80.6 Å². The zero-order valence-corrected chi connectivity index (χ0v) is 27.9. The lowest BCUT2D eigenvalue weighted by molar-refractivity contribution is -0.139. The van der Waals surface area contributed by atoms with Gasteiger partial charge in [-0.2, -0.15) is 0 Å². The Morgan fingerprint density at radius 2 is 1.77 bits per heavy atom. The monoisotopic (exact) mass is 728 g/mol. The Bertz CT molecular complexity index is 1880. The maximum atomic E-state index is 14.0. The van der Waals surface area contributed by atoms with Gasteiger partial charge >= 0.3 is 5.97 Å². The number of carbonyl (C=O) groups excluding carboxylic acids is 1. The normalized spacial score (nSPS) is 14.7. The summed E-state index contributed by atoms with van der Waals surface area (Å²) in [7, 11) is 0. The van der Waals surface area contributed by atoms with Gasteiger partial charge in [0.25, 0.3) is 5.56 Å². The number of esters is 1. The second-order valence-electron chi connectivity index (χ2n) is 9.89. The molecule has 0 spiro atoms. The largest absolute Gasteiger partial charge is 0.490 e. The first-order valence-corrected chi connectivity index (χ1v) is 16.1. The molecule has 7 nitrogen and oxygen atoms in total. The molecule has 10 heteroatoms. The molecule has 0 radical (unpaired) electrons. The molecule has 222 valence electrons. The topological polar surface area (TPSA) is 79.1 Å². The predicted molar refractivity (Wildman–Crippen MR) is 178 cm³/mol. The first kappa shape index (κ1) is 31.0. The van der Waals surface area contributed by atoms with Crippen LogP contribution in [0.2, 0.25) is 5.02 Å². The summed E-state index contributed by atoms with van der Waals surface area (Å²) in [6.45, 7) is 8.47. The maximum Gasteiger partial charge on any atom is 0.338 e. The number of allylic oxidation sites excluding steroid dienone is 1. The molecule has 2 heterocycles. The van der Waals surface area contributed by atoms with E-state index in [0.717, 1.165) is 25.8 Å². The molecule has 0 unspecified atom stereocenters. The van der Waals surface area contributed by atoms with E-state index in [9.17, 15) is 9.59 Å². The van der Waals surface area contributed by atoms with Crippen molar-refractivity contribution in [2.45, 2.75) is 40.3 Å². The Labute approximate surface area is 272 Å². The molecule has 0 saturated carbocycles. The van der Waals surface area contributed by atoms with Crippen LogP contribution in [0.5, 0.6) is 11.5 Å². The fourth-order valence-electron chi connectivity index (χ4n) is 4.82. The number of fused-ring (bicyclic) bond motifs is 1. The van der Waals surface area contributed by atoms with Gasteiger partial charge in [0, 0.05) is 5.02 Å². The summed E-state index contributed by atoms with van der Waals surface area (Å²) in [5.74, 6) is 0.735. The molecule has 0 fully saturated rings. The van der Waals surface area contributed by atoms with Gasteiger partial charge in [-0.1, -0.05) is 64.9 Å². The average molecular weight is 729 g/mol. The van der Waals surface area contributed by atoms with Gasteiger partial charge in [0.05, 0.1) is 38.6 Å². The minimum absolute atomic E-state index is 0.223. The van der Waals surface area contributed by atoms with Crippen LogP contribution >= 0.6 is 45.5 Å². The zero-order chi connectivity index (χ0) is 30.7. The second-order valence-corrected chi connectivity index (χ2v) is 12.5. The van der Waals surface area contributed by atoms with Crippen molar-refractivity contribution in [1.29, 1.82) is 0 Å². The standard InChI is InChI=1S/C33H30ClIN2O5S/c1-5-40-26-16-22(15-25(35)30(26)42-18-21-9-13-24(34)14-10-21)17-27-31(38)37-29(23-11-7-19(3)8-12-23)28(32(39)41-6-2)20(4)36-33(37)43-27/h7-17,29H,5-6,18H2,1-4H3/b27-17-/t29-/m1/s1. The van der Waals surface area contributed by atoms with Gasteiger partial charge in [-0.3, -0.25) is 9.36 Å². The molecular formula is C33H30ClIN2O5S. The summed E-state index contributed by atoms with van der Waals surface area (Å²) in [5.41, 5.74) is 4.31. The van der Waals surface area contributed by atoms with Crippen molar-refractivity contribution in [3.63, 3.8) is 0 Å². The van der Waals surface area contributed by atoms with Crippen LogP contribution in [0.4, 0.5) is 0 Å². The number of halogens is 2. The molecule has 43 heavy (non-hydrogen) atoms. The molecule has 3 aromatic carbocycles. The number of thiazole rings is 1. The third-order valence-corrected chi connectivity index (χ3v) is 8.87. The van der Waals surface area contributed by atoms with E-state index in [1.165, 1.54) is 11.3 Å². The Morgan fingerprint density at radius 1 is 1.05 bits per heavy atom. The highest BCUT2D eigenvalue weighted by Crippen LogP contribution is 2.35. The van der Waals surface area contributed by atoms with Crippen LogP contribution in [0.15, 0.2) is 81.7 Å². The van der Waals surface area contributed by atoms with Crippen molar-refractivity contribution >= 4 is 57.6 Å². The first-order chi connectivity index (χ1) is 20.7. The van der Waals surface area contributed by atoms with E-state index in [0.29, 0.717) is 50.3 Å².